The second-order valence-electron chi connectivity index (χ2n) is 8.15. The van der Waals surface area contributed by atoms with E-state index in [0.29, 0.717) is 40.2 Å². The lowest BCUT2D eigenvalue weighted by Gasteiger charge is -2.32. The quantitative estimate of drug-likeness (QED) is 0.472. The van der Waals surface area contributed by atoms with Crippen molar-refractivity contribution in [2.45, 2.75) is 45.3 Å². The van der Waals surface area contributed by atoms with Crippen LogP contribution in [0, 0.1) is 5.92 Å². The summed E-state index contributed by atoms with van der Waals surface area (Å²) in [6, 6.07) is 4.01. The predicted octanol–water partition coefficient (Wildman–Crippen LogP) is 2.94. The fourth-order valence-electron chi connectivity index (χ4n) is 3.76. The number of anilines is 3. The largest absolute Gasteiger partial charge is 0.382 e. The molecular weight excluding hydrogens is 404 g/mol. The summed E-state index contributed by atoms with van der Waals surface area (Å²) < 4.78 is 1.75. The first-order valence-corrected chi connectivity index (χ1v) is 10.6. The number of halogens is 1. The number of aromatic nitrogens is 5. The molecule has 2 atom stereocenters. The van der Waals surface area contributed by atoms with Crippen molar-refractivity contribution in [2.75, 3.05) is 23.7 Å². The van der Waals surface area contributed by atoms with E-state index in [1.165, 1.54) is 0 Å². The first-order chi connectivity index (χ1) is 14.3. The standard InChI is InChI=1S/C20H27ClN8O/c1-4-12-10-22-7-5-15(12)25-17-14(21)11-23-19(26-17)24-13-6-8-29-16(9-13)27-28-18(29)20(2,3)30/h6,8-9,11-12,15,22,30H,4-5,7,10H2,1-3H3,(H2,23,24,25,26). The van der Waals surface area contributed by atoms with Crippen molar-refractivity contribution in [2.24, 2.45) is 5.92 Å². The van der Waals surface area contributed by atoms with Crippen molar-refractivity contribution in [1.29, 1.82) is 0 Å². The topological polar surface area (TPSA) is 112 Å². The van der Waals surface area contributed by atoms with Crippen LogP contribution in [0.3, 0.4) is 0 Å². The summed E-state index contributed by atoms with van der Waals surface area (Å²) in [5.41, 5.74) is 0.294. The van der Waals surface area contributed by atoms with Gasteiger partial charge in [0, 0.05) is 24.0 Å². The first-order valence-electron chi connectivity index (χ1n) is 10.2. The molecule has 4 rings (SSSR count). The second kappa shape index (κ2) is 8.33. The van der Waals surface area contributed by atoms with E-state index >= 15 is 0 Å². The summed E-state index contributed by atoms with van der Waals surface area (Å²) in [7, 11) is 0. The SMILES string of the molecule is CCC1CNCCC1Nc1nc(Nc2ccn3c(C(C)(C)O)nnc3c2)ncc1Cl. The molecule has 4 N–H and O–H groups in total. The molecule has 4 heterocycles. The zero-order chi connectivity index (χ0) is 21.3. The molecule has 1 aliphatic rings. The monoisotopic (exact) mass is 430 g/mol. The molecule has 3 aromatic rings. The second-order valence-corrected chi connectivity index (χ2v) is 8.56. The van der Waals surface area contributed by atoms with Crippen LogP contribution in [0.15, 0.2) is 24.5 Å². The molecule has 1 saturated heterocycles. The highest BCUT2D eigenvalue weighted by molar-refractivity contribution is 6.32. The average molecular weight is 431 g/mol. The van der Waals surface area contributed by atoms with Gasteiger partial charge in [-0.25, -0.2) is 4.98 Å². The number of pyridine rings is 1. The van der Waals surface area contributed by atoms with E-state index in [2.05, 4.69) is 43.0 Å². The van der Waals surface area contributed by atoms with Crippen LogP contribution in [0.2, 0.25) is 5.02 Å². The van der Waals surface area contributed by atoms with Crippen molar-refractivity contribution < 1.29 is 5.11 Å². The fourth-order valence-corrected chi connectivity index (χ4v) is 3.91. The number of hydrogen-bond acceptors (Lipinski definition) is 8. The van der Waals surface area contributed by atoms with Crippen LogP contribution in [0.1, 0.15) is 39.4 Å². The Labute approximate surface area is 180 Å². The van der Waals surface area contributed by atoms with Crippen LogP contribution in [0.5, 0.6) is 0 Å². The van der Waals surface area contributed by atoms with Gasteiger partial charge in [0.15, 0.2) is 17.3 Å². The van der Waals surface area contributed by atoms with Gasteiger partial charge in [0.25, 0.3) is 0 Å². The summed E-state index contributed by atoms with van der Waals surface area (Å²) >= 11 is 6.36. The van der Waals surface area contributed by atoms with E-state index in [0.717, 1.165) is 31.6 Å². The van der Waals surface area contributed by atoms with Crippen molar-refractivity contribution >= 4 is 34.7 Å². The molecule has 0 saturated carbocycles. The van der Waals surface area contributed by atoms with E-state index in [9.17, 15) is 5.11 Å². The predicted molar refractivity (Wildman–Crippen MR) is 117 cm³/mol. The number of fused-ring (bicyclic) bond motifs is 1. The molecule has 0 spiro atoms. The number of aliphatic hydroxyl groups is 1. The highest BCUT2D eigenvalue weighted by Crippen LogP contribution is 2.26. The molecule has 0 amide bonds. The van der Waals surface area contributed by atoms with Gasteiger partial charge in [0.2, 0.25) is 5.95 Å². The Morgan fingerprint density at radius 3 is 2.97 bits per heavy atom. The molecular formula is C20H27ClN8O. The average Bonchev–Trinajstić information content (AvgIpc) is 3.15. The van der Waals surface area contributed by atoms with E-state index in [1.807, 2.05) is 12.1 Å². The third kappa shape index (κ3) is 4.33. The van der Waals surface area contributed by atoms with Crippen molar-refractivity contribution in [3.05, 3.63) is 35.4 Å². The Morgan fingerprint density at radius 1 is 1.37 bits per heavy atom. The number of nitrogens with zero attached hydrogens (tertiary/aromatic N) is 5. The molecule has 0 bridgehead atoms. The Kier molecular flexibility index (Phi) is 5.77. The van der Waals surface area contributed by atoms with Gasteiger partial charge in [-0.3, -0.25) is 4.40 Å². The van der Waals surface area contributed by atoms with E-state index in [4.69, 9.17) is 11.6 Å². The molecule has 0 aliphatic carbocycles. The molecule has 1 fully saturated rings. The Balaban J connectivity index is 1.54. The van der Waals surface area contributed by atoms with Crippen LogP contribution >= 0.6 is 11.6 Å². The van der Waals surface area contributed by atoms with Gasteiger partial charge < -0.3 is 21.1 Å². The zero-order valence-corrected chi connectivity index (χ0v) is 18.1. The van der Waals surface area contributed by atoms with Crippen molar-refractivity contribution in [3.8, 4) is 0 Å². The highest BCUT2D eigenvalue weighted by Gasteiger charge is 2.25. The van der Waals surface area contributed by atoms with Gasteiger partial charge >= 0.3 is 0 Å². The third-order valence-electron chi connectivity index (χ3n) is 5.41. The molecule has 10 heteroatoms. The third-order valence-corrected chi connectivity index (χ3v) is 5.69. The summed E-state index contributed by atoms with van der Waals surface area (Å²) in [5, 5.41) is 29.1. The van der Waals surface area contributed by atoms with E-state index in [1.54, 1.807) is 30.6 Å². The first kappa shape index (κ1) is 20.8. The minimum absolute atomic E-state index is 0.323. The minimum Gasteiger partial charge on any atom is -0.382 e. The lowest BCUT2D eigenvalue weighted by atomic mass is 9.91. The number of piperidine rings is 1. The molecule has 9 nitrogen and oxygen atoms in total. The van der Waals surface area contributed by atoms with Crippen molar-refractivity contribution in [3.63, 3.8) is 0 Å². The maximum Gasteiger partial charge on any atom is 0.229 e. The summed E-state index contributed by atoms with van der Waals surface area (Å²) in [6.45, 7) is 7.53. The Bertz CT molecular complexity index is 1030. The Hall–Kier alpha value is -2.49. The molecule has 30 heavy (non-hydrogen) atoms. The van der Waals surface area contributed by atoms with E-state index < -0.39 is 5.60 Å². The molecule has 3 aromatic heterocycles. The van der Waals surface area contributed by atoms with E-state index in [-0.39, 0.29) is 0 Å². The summed E-state index contributed by atoms with van der Waals surface area (Å²) in [5.74, 6) is 2.08. The minimum atomic E-state index is -1.08. The maximum absolute atomic E-state index is 10.2. The van der Waals surface area contributed by atoms with Gasteiger partial charge in [0.05, 0.1) is 6.20 Å². The smallest absolute Gasteiger partial charge is 0.229 e. The maximum atomic E-state index is 10.2. The van der Waals surface area contributed by atoms with Crippen LogP contribution < -0.4 is 16.0 Å². The van der Waals surface area contributed by atoms with Crippen LogP contribution in [0.4, 0.5) is 17.5 Å². The zero-order valence-electron chi connectivity index (χ0n) is 17.4. The summed E-state index contributed by atoms with van der Waals surface area (Å²) in [4.78, 5) is 8.89. The highest BCUT2D eigenvalue weighted by atomic mass is 35.5. The number of nitrogens with one attached hydrogen (secondary N) is 3. The molecule has 1 aliphatic heterocycles. The van der Waals surface area contributed by atoms with Gasteiger partial charge in [0.1, 0.15) is 10.6 Å². The van der Waals surface area contributed by atoms with Crippen LogP contribution in [0.25, 0.3) is 5.65 Å². The van der Waals surface area contributed by atoms with Gasteiger partial charge in [-0.15, -0.1) is 10.2 Å². The Morgan fingerprint density at radius 2 is 2.20 bits per heavy atom. The lowest BCUT2D eigenvalue weighted by molar-refractivity contribution is 0.0676. The summed E-state index contributed by atoms with van der Waals surface area (Å²) in [6.07, 6.45) is 5.52. The fraction of sp³-hybridized carbons (Fsp3) is 0.500. The number of rotatable bonds is 6. The molecule has 0 aromatic carbocycles. The van der Waals surface area contributed by atoms with Gasteiger partial charge in [-0.2, -0.15) is 4.98 Å². The molecule has 0 radical (unpaired) electrons. The lowest BCUT2D eigenvalue weighted by Crippen LogP contribution is -2.43. The van der Waals surface area contributed by atoms with Gasteiger partial charge in [-0.05, 0) is 45.3 Å². The van der Waals surface area contributed by atoms with Crippen molar-refractivity contribution in [1.82, 2.24) is 29.9 Å². The van der Waals surface area contributed by atoms with Gasteiger partial charge in [-0.1, -0.05) is 24.9 Å². The normalized spacial score (nSPS) is 19.8. The number of hydrogen-bond donors (Lipinski definition) is 4. The van der Waals surface area contributed by atoms with Crippen LogP contribution in [-0.4, -0.2) is 48.8 Å². The van der Waals surface area contributed by atoms with Crippen LogP contribution in [-0.2, 0) is 5.60 Å². The molecule has 160 valence electrons. The molecule has 2 unspecified atom stereocenters.